The predicted octanol–water partition coefficient (Wildman–Crippen LogP) is 10.5. The van der Waals surface area contributed by atoms with Crippen LogP contribution >= 0.6 is 0 Å². The van der Waals surface area contributed by atoms with Gasteiger partial charge >= 0.3 is 178 Å². The summed E-state index contributed by atoms with van der Waals surface area (Å²) in [6, 6.07) is 15.6. The first-order valence-corrected chi connectivity index (χ1v) is 20.9. The molecule has 0 heterocycles. The van der Waals surface area contributed by atoms with Crippen LogP contribution in [0.15, 0.2) is 55.6 Å². The third kappa shape index (κ3) is 29.5. The van der Waals surface area contributed by atoms with E-state index >= 15 is 0 Å². The summed E-state index contributed by atoms with van der Waals surface area (Å²) in [4.78, 5) is 22.3. The number of Topliss-reactive ketones (excluding diaryl/α,β-unsaturated/α-hetero) is 1. The molecule has 2 rings (SSSR count). The summed E-state index contributed by atoms with van der Waals surface area (Å²) in [5, 5.41) is 2.71. The minimum absolute atomic E-state index is 0.447. The van der Waals surface area contributed by atoms with Gasteiger partial charge in [0, 0.05) is 0 Å². The van der Waals surface area contributed by atoms with E-state index < -0.39 is 24.2 Å². The number of fused-ring (bicyclic) bond motifs is 1. The summed E-state index contributed by atoms with van der Waals surface area (Å²) in [6.45, 7) is 31.9. The first-order chi connectivity index (χ1) is 19.2. The van der Waals surface area contributed by atoms with Gasteiger partial charge in [0.1, 0.15) is 6.79 Å². The maximum atomic E-state index is 11.7. The van der Waals surface area contributed by atoms with E-state index in [4.69, 9.17) is 4.79 Å². The fraction of sp³-hybridized carbons (Fsp3) is 0.600. The second kappa shape index (κ2) is 43.7. The summed E-state index contributed by atoms with van der Waals surface area (Å²) in [5.41, 5.74) is 1.50. The fourth-order valence-corrected chi connectivity index (χ4v) is 8.17. The van der Waals surface area contributed by atoms with Gasteiger partial charge in [-0.1, -0.05) is 55.4 Å². The SMILES string of the molecule is C=C.C=O.CC.CC.CC.CC.CCCC(=O)CCCN(CCC)C[CH2][Pb][CH2]Cc1ccc2ccccc2c1. The van der Waals surface area contributed by atoms with Crippen LogP contribution in [0.25, 0.3) is 10.8 Å². The second-order valence-electron chi connectivity index (χ2n) is 7.42. The number of carbonyl (C=O) groups is 2. The van der Waals surface area contributed by atoms with Crippen molar-refractivity contribution in [2.24, 2.45) is 0 Å². The molecule has 0 fully saturated rings. The van der Waals surface area contributed by atoms with Crippen LogP contribution in [-0.2, 0) is 16.0 Å². The van der Waals surface area contributed by atoms with Crippen molar-refractivity contribution >= 4 is 47.6 Å². The van der Waals surface area contributed by atoms with Gasteiger partial charge in [-0.2, -0.15) is 0 Å². The fourth-order valence-electron chi connectivity index (χ4n) is 3.54. The number of hydrogen-bond acceptors (Lipinski definition) is 3. The number of nitrogens with zero attached hydrogens (tertiary/aromatic N) is 1. The average Bonchev–Trinajstić information content (AvgIpc) is 3.03. The number of aryl methyl sites for hydroxylation is 1. The standard InChI is InChI=1S/C12H24NO.C12H11.4C2H6.C2H4.CH2O.Pb/c1-4-8-12(14)9-7-11-13(6-3)10-5-2;1-2-10-7-8-11-5-3-4-6-12(11)9-10;6*1-2;/h3-11H2,1-2H3;3-9H,1-2H2;4*1-2H3;1-2H2;1H2;. The Balaban J connectivity index is -0.000000283. The number of ketones is 1. The van der Waals surface area contributed by atoms with E-state index in [2.05, 4.69) is 74.4 Å². The molecule has 0 aromatic heterocycles. The Morgan fingerprint density at radius 1 is 0.718 bits per heavy atom. The van der Waals surface area contributed by atoms with Crippen molar-refractivity contribution in [3.8, 4) is 0 Å². The van der Waals surface area contributed by atoms with Crippen LogP contribution in [-0.4, -0.2) is 61.3 Å². The van der Waals surface area contributed by atoms with Crippen LogP contribution in [0.1, 0.15) is 107 Å². The van der Waals surface area contributed by atoms with Crippen LogP contribution in [0.3, 0.4) is 0 Å². The van der Waals surface area contributed by atoms with Crippen LogP contribution in [0.5, 0.6) is 0 Å². The van der Waals surface area contributed by atoms with Gasteiger partial charge < -0.3 is 4.79 Å². The van der Waals surface area contributed by atoms with Gasteiger partial charge in [0.05, 0.1) is 0 Å². The van der Waals surface area contributed by atoms with Crippen LogP contribution < -0.4 is 0 Å². The maximum absolute atomic E-state index is 11.7. The molecule has 226 valence electrons. The first kappa shape index (κ1) is 47.5. The zero-order valence-corrected chi connectivity index (χ0v) is 31.6. The number of carbonyl (C=O) groups excluding carboxylic acids is 2. The van der Waals surface area contributed by atoms with E-state index in [-0.39, 0.29) is 0 Å². The molecule has 0 unspecified atom stereocenters. The molecule has 2 radical (unpaired) electrons. The van der Waals surface area contributed by atoms with Crippen LogP contribution in [0.4, 0.5) is 0 Å². The zero-order valence-electron chi connectivity index (χ0n) is 27.7. The van der Waals surface area contributed by atoms with Gasteiger partial charge in [-0.15, -0.1) is 13.2 Å². The quantitative estimate of drug-likeness (QED) is 0.110. The van der Waals surface area contributed by atoms with Crippen LogP contribution in [0.2, 0.25) is 7.96 Å². The van der Waals surface area contributed by atoms with Gasteiger partial charge in [-0.3, -0.25) is 0 Å². The van der Waals surface area contributed by atoms with Crippen LogP contribution in [0, 0.1) is 0 Å². The summed E-state index contributed by atoms with van der Waals surface area (Å²) < 4.78 is 2.91. The Hall–Kier alpha value is -1.34. The molecule has 0 atom stereocenters. The second-order valence-corrected chi connectivity index (χ2v) is 13.2. The molecule has 0 spiro atoms. The molecule has 4 heteroatoms. The number of rotatable bonds is 14. The normalized spacial score (nSPS) is 8.69. The number of hydrogen-bond donors (Lipinski definition) is 0. The van der Waals surface area contributed by atoms with Gasteiger partial charge in [-0.25, -0.2) is 0 Å². The summed E-state index contributed by atoms with van der Waals surface area (Å²) >= 11 is -0.511. The molecule has 2 aromatic rings. The molecule has 0 aliphatic carbocycles. The molecule has 0 amide bonds. The molecule has 0 aliphatic heterocycles. The van der Waals surface area contributed by atoms with Crippen molar-refractivity contribution in [2.75, 3.05) is 19.6 Å². The Kier molecular flexibility index (Phi) is 53.2. The van der Waals surface area contributed by atoms with E-state index in [1.807, 2.05) is 62.2 Å². The molecule has 0 N–H and O–H groups in total. The third-order valence-corrected chi connectivity index (χ3v) is 9.60. The van der Waals surface area contributed by atoms with Gasteiger partial charge in [0.15, 0.2) is 0 Å². The molecule has 2 aromatic carbocycles. The van der Waals surface area contributed by atoms with Crippen molar-refractivity contribution in [3.05, 3.63) is 61.2 Å². The molecule has 0 aliphatic rings. The summed E-state index contributed by atoms with van der Waals surface area (Å²) in [7, 11) is 0. The zero-order chi connectivity index (χ0) is 31.3. The topological polar surface area (TPSA) is 37.4 Å². The molecule has 0 saturated heterocycles. The monoisotopic (exact) mass is 739 g/mol. The van der Waals surface area contributed by atoms with Gasteiger partial charge in [-0.05, 0) is 0 Å². The minimum atomic E-state index is -0.511. The van der Waals surface area contributed by atoms with E-state index in [1.54, 1.807) is 0 Å². The third-order valence-electron chi connectivity index (χ3n) is 5.01. The molecule has 39 heavy (non-hydrogen) atoms. The average molecular weight is 739 g/mol. The van der Waals surface area contributed by atoms with Gasteiger partial charge in [0.2, 0.25) is 0 Å². The Morgan fingerprint density at radius 3 is 1.82 bits per heavy atom. The molecule has 3 nitrogen and oxygen atoms in total. The summed E-state index contributed by atoms with van der Waals surface area (Å²) in [6.07, 6.45) is 6.05. The van der Waals surface area contributed by atoms with E-state index in [1.165, 1.54) is 50.2 Å². The van der Waals surface area contributed by atoms with Gasteiger partial charge in [0.25, 0.3) is 0 Å². The molecular weight excluding hydrogens is 674 g/mol. The van der Waals surface area contributed by atoms with E-state index in [0.29, 0.717) is 5.78 Å². The Bertz CT molecular complexity index is 719. The first-order valence-electron chi connectivity index (χ1n) is 15.4. The molecule has 0 bridgehead atoms. The Morgan fingerprint density at radius 2 is 1.28 bits per heavy atom. The molecule has 0 saturated carbocycles. The van der Waals surface area contributed by atoms with Crippen molar-refractivity contribution in [1.82, 2.24) is 4.90 Å². The Labute approximate surface area is 257 Å². The number of benzene rings is 2. The van der Waals surface area contributed by atoms with Crippen molar-refractivity contribution in [3.63, 3.8) is 0 Å². The van der Waals surface area contributed by atoms with Crippen molar-refractivity contribution < 1.29 is 9.59 Å². The van der Waals surface area contributed by atoms with Crippen molar-refractivity contribution in [2.45, 2.75) is 116 Å². The molecular formula is C35H65NO2Pb. The summed E-state index contributed by atoms with van der Waals surface area (Å²) in [5.74, 6) is 0.447. The van der Waals surface area contributed by atoms with Crippen molar-refractivity contribution in [1.29, 1.82) is 0 Å². The van der Waals surface area contributed by atoms with E-state index in [0.717, 1.165) is 32.2 Å². The predicted molar refractivity (Wildman–Crippen MR) is 183 cm³/mol. The van der Waals surface area contributed by atoms with E-state index in [9.17, 15) is 4.79 Å².